The van der Waals surface area contributed by atoms with Crippen LogP contribution in [0.5, 0.6) is 0 Å². The van der Waals surface area contributed by atoms with Crippen LogP contribution in [-0.4, -0.2) is 68.4 Å². The third-order valence-corrected chi connectivity index (χ3v) is 5.72. The number of rotatable bonds is 10. The van der Waals surface area contributed by atoms with Crippen LogP contribution >= 0.6 is 0 Å². The molecule has 0 amide bonds. The zero-order valence-corrected chi connectivity index (χ0v) is 18.1. The Morgan fingerprint density at radius 3 is 2.76 bits per heavy atom. The largest absolute Gasteiger partial charge is 0.383 e. The van der Waals surface area contributed by atoms with Crippen molar-refractivity contribution in [3.05, 3.63) is 36.5 Å². The van der Waals surface area contributed by atoms with Crippen LogP contribution in [0.1, 0.15) is 26.2 Å². The molecule has 160 valence electrons. The maximum Gasteiger partial charge on any atom is 0.191 e. The zero-order chi connectivity index (χ0) is 20.3. The predicted octanol–water partition coefficient (Wildman–Crippen LogP) is 2.94. The van der Waals surface area contributed by atoms with Gasteiger partial charge in [-0.1, -0.05) is 18.2 Å². The number of ether oxygens (including phenoxy) is 1. The van der Waals surface area contributed by atoms with Crippen molar-refractivity contribution < 1.29 is 4.74 Å². The second kappa shape index (κ2) is 11.8. The Morgan fingerprint density at radius 2 is 1.97 bits per heavy atom. The van der Waals surface area contributed by atoms with Gasteiger partial charge in [-0.25, -0.2) is 0 Å². The first-order valence-corrected chi connectivity index (χ1v) is 11.1. The monoisotopic (exact) mass is 399 g/mol. The Bertz CT molecular complexity index is 749. The summed E-state index contributed by atoms with van der Waals surface area (Å²) in [5.41, 5.74) is 1.31. The molecule has 0 aliphatic carbocycles. The summed E-state index contributed by atoms with van der Waals surface area (Å²) in [6, 6.07) is 10.7. The van der Waals surface area contributed by atoms with Gasteiger partial charge >= 0.3 is 0 Å². The summed E-state index contributed by atoms with van der Waals surface area (Å²) in [6.45, 7) is 10.1. The van der Waals surface area contributed by atoms with E-state index in [2.05, 4.69) is 63.6 Å². The van der Waals surface area contributed by atoms with E-state index in [4.69, 9.17) is 9.73 Å². The van der Waals surface area contributed by atoms with E-state index >= 15 is 0 Å². The number of para-hydroxylation sites is 1. The van der Waals surface area contributed by atoms with Gasteiger partial charge in [-0.3, -0.25) is 4.99 Å². The first-order valence-electron chi connectivity index (χ1n) is 11.1. The van der Waals surface area contributed by atoms with Crippen molar-refractivity contribution in [2.45, 2.75) is 32.7 Å². The molecule has 0 radical (unpaired) electrons. The highest BCUT2D eigenvalue weighted by atomic mass is 16.5. The fraction of sp³-hybridized carbons (Fsp3) is 0.609. The number of nitrogens with zero attached hydrogens (tertiary/aromatic N) is 3. The first-order chi connectivity index (χ1) is 14.3. The standard InChI is InChI=1S/C23H37N5O/c1-3-24-23(26-19-20-9-14-27(15-10-20)17-18-29-2)25-12-6-13-28-16-11-21-7-4-5-8-22(21)28/h4-5,7-8,11,16,20H,3,6,9-10,12-15,17-19H2,1-2H3,(H2,24,25,26). The van der Waals surface area contributed by atoms with Crippen LogP contribution < -0.4 is 10.6 Å². The molecule has 1 aromatic carbocycles. The summed E-state index contributed by atoms with van der Waals surface area (Å²) in [4.78, 5) is 7.35. The van der Waals surface area contributed by atoms with E-state index < -0.39 is 0 Å². The summed E-state index contributed by atoms with van der Waals surface area (Å²) in [6.07, 6.45) is 5.71. The Morgan fingerprint density at radius 1 is 1.14 bits per heavy atom. The van der Waals surface area contributed by atoms with Crippen molar-refractivity contribution in [2.75, 3.05) is 53.0 Å². The lowest BCUT2D eigenvalue weighted by Crippen LogP contribution is -2.39. The Labute approximate surface area is 175 Å². The van der Waals surface area contributed by atoms with Crippen LogP contribution in [0.25, 0.3) is 10.9 Å². The van der Waals surface area contributed by atoms with Gasteiger partial charge in [-0.05, 0) is 62.7 Å². The number of benzene rings is 1. The molecule has 1 aliphatic rings. The number of aliphatic imine (C=N–C) groups is 1. The van der Waals surface area contributed by atoms with Crippen LogP contribution in [0.15, 0.2) is 41.5 Å². The van der Waals surface area contributed by atoms with Crippen molar-refractivity contribution in [2.24, 2.45) is 10.9 Å². The second-order valence-corrected chi connectivity index (χ2v) is 7.85. The third-order valence-electron chi connectivity index (χ3n) is 5.72. The molecular weight excluding hydrogens is 362 g/mol. The molecule has 3 rings (SSSR count). The normalized spacial score (nSPS) is 16.4. The molecule has 1 fully saturated rings. The van der Waals surface area contributed by atoms with E-state index in [0.29, 0.717) is 5.92 Å². The maximum absolute atomic E-state index is 5.19. The number of nitrogens with one attached hydrogen (secondary N) is 2. The lowest BCUT2D eigenvalue weighted by Gasteiger charge is -2.31. The molecule has 6 nitrogen and oxygen atoms in total. The molecule has 2 N–H and O–H groups in total. The highest BCUT2D eigenvalue weighted by molar-refractivity contribution is 5.80. The third kappa shape index (κ3) is 6.75. The van der Waals surface area contributed by atoms with E-state index in [1.54, 1.807) is 7.11 Å². The lowest BCUT2D eigenvalue weighted by atomic mass is 9.97. The molecular formula is C23H37N5O. The number of guanidine groups is 1. The highest BCUT2D eigenvalue weighted by Crippen LogP contribution is 2.17. The molecule has 0 spiro atoms. The molecule has 6 heteroatoms. The van der Waals surface area contributed by atoms with Crippen LogP contribution in [0, 0.1) is 5.92 Å². The number of methoxy groups -OCH3 is 1. The lowest BCUT2D eigenvalue weighted by molar-refractivity contribution is 0.121. The van der Waals surface area contributed by atoms with Gasteiger partial charge in [-0.15, -0.1) is 0 Å². The minimum Gasteiger partial charge on any atom is -0.383 e. The van der Waals surface area contributed by atoms with Crippen molar-refractivity contribution in [1.82, 2.24) is 20.1 Å². The van der Waals surface area contributed by atoms with E-state index in [0.717, 1.165) is 51.7 Å². The number of aromatic nitrogens is 1. The molecule has 29 heavy (non-hydrogen) atoms. The number of hydrogen-bond acceptors (Lipinski definition) is 3. The topological polar surface area (TPSA) is 53.8 Å². The smallest absolute Gasteiger partial charge is 0.191 e. The molecule has 2 heterocycles. The SMILES string of the molecule is CCNC(=NCC1CCN(CCOC)CC1)NCCCn1ccc2ccccc21. The number of piperidine rings is 1. The summed E-state index contributed by atoms with van der Waals surface area (Å²) in [5, 5.41) is 8.20. The molecule has 0 atom stereocenters. The van der Waals surface area contributed by atoms with Gasteiger partial charge in [0.25, 0.3) is 0 Å². The van der Waals surface area contributed by atoms with Gasteiger partial charge in [0.15, 0.2) is 5.96 Å². The minimum atomic E-state index is 0.690. The summed E-state index contributed by atoms with van der Waals surface area (Å²) in [7, 11) is 1.78. The van der Waals surface area contributed by atoms with Gasteiger partial charge in [0.2, 0.25) is 0 Å². The molecule has 1 saturated heterocycles. The van der Waals surface area contributed by atoms with E-state index in [-0.39, 0.29) is 0 Å². The predicted molar refractivity (Wildman–Crippen MR) is 122 cm³/mol. The van der Waals surface area contributed by atoms with Gasteiger partial charge < -0.3 is 24.8 Å². The van der Waals surface area contributed by atoms with Gasteiger partial charge in [0, 0.05) is 51.5 Å². The van der Waals surface area contributed by atoms with Crippen LogP contribution in [0.2, 0.25) is 0 Å². The van der Waals surface area contributed by atoms with Crippen molar-refractivity contribution in [3.8, 4) is 0 Å². The van der Waals surface area contributed by atoms with Crippen LogP contribution in [0.4, 0.5) is 0 Å². The van der Waals surface area contributed by atoms with Gasteiger partial charge in [0.05, 0.1) is 6.61 Å². The van der Waals surface area contributed by atoms with Crippen LogP contribution in [-0.2, 0) is 11.3 Å². The Balaban J connectivity index is 1.39. The molecule has 0 unspecified atom stereocenters. The van der Waals surface area contributed by atoms with Gasteiger partial charge in [-0.2, -0.15) is 0 Å². The molecule has 1 aromatic heterocycles. The average molecular weight is 400 g/mol. The van der Waals surface area contributed by atoms with E-state index in [1.165, 1.54) is 36.8 Å². The second-order valence-electron chi connectivity index (χ2n) is 7.85. The highest BCUT2D eigenvalue weighted by Gasteiger charge is 2.18. The summed E-state index contributed by atoms with van der Waals surface area (Å²) >= 11 is 0. The van der Waals surface area contributed by atoms with E-state index in [9.17, 15) is 0 Å². The number of likely N-dealkylation sites (tertiary alicyclic amines) is 1. The molecule has 0 bridgehead atoms. The van der Waals surface area contributed by atoms with Crippen LogP contribution in [0.3, 0.4) is 0 Å². The first kappa shape index (κ1) is 21.7. The fourth-order valence-corrected chi connectivity index (χ4v) is 3.97. The van der Waals surface area contributed by atoms with Crippen molar-refractivity contribution >= 4 is 16.9 Å². The summed E-state index contributed by atoms with van der Waals surface area (Å²) < 4.78 is 7.52. The summed E-state index contributed by atoms with van der Waals surface area (Å²) in [5.74, 6) is 1.64. The van der Waals surface area contributed by atoms with E-state index in [1.807, 2.05) is 0 Å². The number of hydrogen-bond donors (Lipinski definition) is 2. The molecule has 2 aromatic rings. The quantitative estimate of drug-likeness (QED) is 0.366. The molecule has 1 aliphatic heterocycles. The number of fused-ring (bicyclic) bond motifs is 1. The average Bonchev–Trinajstić information content (AvgIpc) is 3.17. The number of aryl methyl sites for hydroxylation is 1. The maximum atomic E-state index is 5.19. The molecule has 0 saturated carbocycles. The Kier molecular flexibility index (Phi) is 8.83. The minimum absolute atomic E-state index is 0.690. The van der Waals surface area contributed by atoms with Gasteiger partial charge in [0.1, 0.15) is 0 Å². The zero-order valence-electron chi connectivity index (χ0n) is 18.1. The van der Waals surface area contributed by atoms with Crippen molar-refractivity contribution in [3.63, 3.8) is 0 Å². The fourth-order valence-electron chi connectivity index (χ4n) is 3.97. The van der Waals surface area contributed by atoms with Crippen molar-refractivity contribution in [1.29, 1.82) is 0 Å². The Hall–Kier alpha value is -2.05.